The highest BCUT2D eigenvalue weighted by Crippen LogP contribution is 2.40. The second-order valence-electron chi connectivity index (χ2n) is 6.86. The number of ether oxygens (including phenoxy) is 2. The van der Waals surface area contributed by atoms with Crippen LogP contribution in [0.2, 0.25) is 0 Å². The first-order valence-electron chi connectivity index (χ1n) is 9.58. The summed E-state index contributed by atoms with van der Waals surface area (Å²) in [5.41, 5.74) is 0.965. The summed E-state index contributed by atoms with van der Waals surface area (Å²) in [7, 11) is 3.23. The van der Waals surface area contributed by atoms with E-state index in [2.05, 4.69) is 5.32 Å². The zero-order chi connectivity index (χ0) is 21.1. The van der Waals surface area contributed by atoms with E-state index in [-0.39, 0.29) is 23.6 Å². The highest BCUT2D eigenvalue weighted by Gasteiger charge is 2.33. The molecule has 1 aromatic carbocycles. The highest BCUT2D eigenvalue weighted by atomic mass is 32.1. The maximum absolute atomic E-state index is 13.2. The minimum atomic E-state index is -0.345. The normalized spacial score (nSPS) is 15.8. The fourth-order valence-corrected chi connectivity index (χ4v) is 4.53. The maximum atomic E-state index is 13.2. The van der Waals surface area contributed by atoms with Gasteiger partial charge in [0.05, 0.1) is 36.4 Å². The van der Waals surface area contributed by atoms with Crippen LogP contribution in [-0.4, -0.2) is 37.5 Å². The topological polar surface area (TPSA) is 81.0 Å². The van der Waals surface area contributed by atoms with E-state index in [0.29, 0.717) is 27.9 Å². The van der Waals surface area contributed by atoms with E-state index in [4.69, 9.17) is 13.9 Å². The molecule has 1 N–H and O–H groups in total. The van der Waals surface area contributed by atoms with Gasteiger partial charge in [-0.15, -0.1) is 11.3 Å². The van der Waals surface area contributed by atoms with Crippen LogP contribution in [0.5, 0.6) is 11.5 Å². The summed E-state index contributed by atoms with van der Waals surface area (Å²) < 4.78 is 15.9. The van der Waals surface area contributed by atoms with E-state index in [0.717, 1.165) is 18.4 Å². The molecule has 3 heterocycles. The minimum absolute atomic E-state index is 0.0566. The van der Waals surface area contributed by atoms with Crippen LogP contribution in [0.4, 0.5) is 5.00 Å². The summed E-state index contributed by atoms with van der Waals surface area (Å²) in [6.07, 6.45) is 3.22. The number of furan rings is 1. The molecular formula is C22H22N2O5S. The second-order valence-corrected chi connectivity index (χ2v) is 7.94. The van der Waals surface area contributed by atoms with Crippen molar-refractivity contribution >= 4 is 28.2 Å². The molecule has 0 aliphatic carbocycles. The molecule has 30 heavy (non-hydrogen) atoms. The second kappa shape index (κ2) is 8.62. The van der Waals surface area contributed by atoms with Gasteiger partial charge in [0.2, 0.25) is 0 Å². The molecule has 2 amide bonds. The molecule has 1 fully saturated rings. The molecule has 1 aliphatic heterocycles. The van der Waals surface area contributed by atoms with Crippen LogP contribution in [0.3, 0.4) is 0 Å². The summed E-state index contributed by atoms with van der Waals surface area (Å²) >= 11 is 1.25. The number of carbonyl (C=O) groups is 2. The van der Waals surface area contributed by atoms with Crippen molar-refractivity contribution in [3.05, 3.63) is 64.9 Å². The molecule has 1 saturated heterocycles. The van der Waals surface area contributed by atoms with Crippen LogP contribution >= 0.6 is 11.3 Å². The standard InChI is InChI=1S/C22H22N2O5S/c1-27-14-7-8-15(18(13-14)28-2)16-5-3-11-24(16)22(26)19-9-10-20(30-19)23-21(25)17-6-4-12-29-17/h4,6-10,12-13,16H,3,5,11H2,1-2H3,(H,23,25)/t16-/m1/s1. The van der Waals surface area contributed by atoms with Crippen molar-refractivity contribution in [3.8, 4) is 11.5 Å². The third kappa shape index (κ3) is 3.91. The van der Waals surface area contributed by atoms with Gasteiger partial charge in [0.15, 0.2) is 5.76 Å². The molecule has 4 rings (SSSR count). The first-order valence-corrected chi connectivity index (χ1v) is 10.4. The Morgan fingerprint density at radius 2 is 2.03 bits per heavy atom. The fourth-order valence-electron chi connectivity index (χ4n) is 3.67. The lowest BCUT2D eigenvalue weighted by Gasteiger charge is -2.26. The number of amides is 2. The zero-order valence-corrected chi connectivity index (χ0v) is 17.5. The lowest BCUT2D eigenvalue weighted by Crippen LogP contribution is -2.30. The van der Waals surface area contributed by atoms with Crippen molar-refractivity contribution in [1.29, 1.82) is 0 Å². The van der Waals surface area contributed by atoms with Crippen molar-refractivity contribution in [3.63, 3.8) is 0 Å². The van der Waals surface area contributed by atoms with E-state index >= 15 is 0 Å². The molecule has 0 radical (unpaired) electrons. The quantitative estimate of drug-likeness (QED) is 0.624. The Labute approximate surface area is 178 Å². The number of thiophene rings is 1. The molecule has 0 saturated carbocycles. The Hall–Kier alpha value is -3.26. The van der Waals surface area contributed by atoms with Crippen molar-refractivity contribution in [2.24, 2.45) is 0 Å². The zero-order valence-electron chi connectivity index (χ0n) is 16.7. The van der Waals surface area contributed by atoms with Crippen LogP contribution in [-0.2, 0) is 0 Å². The van der Waals surface area contributed by atoms with Crippen molar-refractivity contribution in [1.82, 2.24) is 4.90 Å². The first-order chi connectivity index (χ1) is 14.6. The first kappa shape index (κ1) is 20.0. The van der Waals surface area contributed by atoms with Crippen LogP contribution in [0.1, 0.15) is 44.7 Å². The summed E-state index contributed by atoms with van der Waals surface area (Å²) in [5, 5.41) is 3.36. The Morgan fingerprint density at radius 3 is 2.77 bits per heavy atom. The van der Waals surface area contributed by atoms with Crippen molar-refractivity contribution in [2.75, 3.05) is 26.1 Å². The van der Waals surface area contributed by atoms with E-state index in [1.807, 2.05) is 23.1 Å². The van der Waals surface area contributed by atoms with Gasteiger partial charge in [-0.2, -0.15) is 0 Å². The smallest absolute Gasteiger partial charge is 0.291 e. The summed E-state index contributed by atoms with van der Waals surface area (Å²) in [4.78, 5) is 27.8. The molecule has 3 aromatic rings. The maximum Gasteiger partial charge on any atom is 0.291 e. The number of anilines is 1. The number of rotatable bonds is 6. The SMILES string of the molecule is COc1ccc([C@H]2CCCN2C(=O)c2ccc(NC(=O)c3ccco3)s2)c(OC)c1. The molecule has 1 atom stereocenters. The van der Waals surface area contributed by atoms with Gasteiger partial charge < -0.3 is 24.1 Å². The highest BCUT2D eigenvalue weighted by molar-refractivity contribution is 7.18. The van der Waals surface area contributed by atoms with Crippen LogP contribution in [0.25, 0.3) is 0 Å². The van der Waals surface area contributed by atoms with Crippen molar-refractivity contribution in [2.45, 2.75) is 18.9 Å². The number of hydrogen-bond acceptors (Lipinski definition) is 6. The van der Waals surface area contributed by atoms with Crippen LogP contribution in [0, 0.1) is 0 Å². The Bertz CT molecular complexity index is 1040. The van der Waals surface area contributed by atoms with Gasteiger partial charge >= 0.3 is 0 Å². The number of hydrogen-bond donors (Lipinski definition) is 1. The molecule has 0 unspecified atom stereocenters. The Balaban J connectivity index is 1.52. The average Bonchev–Trinajstić information content (AvgIpc) is 3.54. The third-order valence-corrected chi connectivity index (χ3v) is 6.10. The third-order valence-electron chi connectivity index (χ3n) is 5.11. The summed E-state index contributed by atoms with van der Waals surface area (Å²) in [5.74, 6) is 1.24. The summed E-state index contributed by atoms with van der Waals surface area (Å²) in [6, 6.07) is 12.3. The lowest BCUT2D eigenvalue weighted by molar-refractivity contribution is 0.0739. The average molecular weight is 426 g/mol. The monoisotopic (exact) mass is 426 g/mol. The number of likely N-dealkylation sites (tertiary alicyclic amines) is 1. The molecule has 0 spiro atoms. The molecule has 0 bridgehead atoms. The Kier molecular flexibility index (Phi) is 5.76. The Morgan fingerprint density at radius 1 is 1.17 bits per heavy atom. The van der Waals surface area contributed by atoms with Gasteiger partial charge in [-0.1, -0.05) is 0 Å². The van der Waals surface area contributed by atoms with E-state index < -0.39 is 0 Å². The van der Waals surface area contributed by atoms with Crippen molar-refractivity contribution < 1.29 is 23.5 Å². The predicted molar refractivity (Wildman–Crippen MR) is 114 cm³/mol. The number of nitrogens with one attached hydrogen (secondary N) is 1. The molecular weight excluding hydrogens is 404 g/mol. The fraction of sp³-hybridized carbons (Fsp3) is 0.273. The number of benzene rings is 1. The van der Waals surface area contributed by atoms with Gasteiger partial charge in [0.25, 0.3) is 11.8 Å². The van der Waals surface area contributed by atoms with Crippen LogP contribution < -0.4 is 14.8 Å². The lowest BCUT2D eigenvalue weighted by atomic mass is 10.0. The minimum Gasteiger partial charge on any atom is -0.497 e. The largest absolute Gasteiger partial charge is 0.497 e. The molecule has 7 nitrogen and oxygen atoms in total. The van der Waals surface area contributed by atoms with E-state index in [1.54, 1.807) is 38.5 Å². The van der Waals surface area contributed by atoms with Gasteiger partial charge in [-0.3, -0.25) is 9.59 Å². The van der Waals surface area contributed by atoms with Gasteiger partial charge in [-0.05, 0) is 49.2 Å². The van der Waals surface area contributed by atoms with Gasteiger partial charge in [0.1, 0.15) is 11.5 Å². The number of carbonyl (C=O) groups excluding carboxylic acids is 2. The predicted octanol–water partition coefficient (Wildman–Crippen LogP) is 4.59. The van der Waals surface area contributed by atoms with Gasteiger partial charge in [-0.25, -0.2) is 0 Å². The number of methoxy groups -OCH3 is 2. The summed E-state index contributed by atoms with van der Waals surface area (Å²) in [6.45, 7) is 0.671. The van der Waals surface area contributed by atoms with E-state index in [1.165, 1.54) is 17.6 Å². The molecule has 1 aliphatic rings. The number of nitrogens with zero attached hydrogens (tertiary/aromatic N) is 1. The molecule has 8 heteroatoms. The molecule has 156 valence electrons. The molecule has 2 aromatic heterocycles. The van der Waals surface area contributed by atoms with E-state index in [9.17, 15) is 9.59 Å². The van der Waals surface area contributed by atoms with Gasteiger partial charge in [0, 0.05) is 18.2 Å². The van der Waals surface area contributed by atoms with Crippen LogP contribution in [0.15, 0.2) is 53.1 Å².